The smallest absolute Gasteiger partial charge is 0.255 e. The highest BCUT2D eigenvalue weighted by Gasteiger charge is 2.37. The average Bonchev–Trinajstić information content (AvgIpc) is 3.36. The molecule has 3 heterocycles. The van der Waals surface area contributed by atoms with Crippen LogP contribution in [0.1, 0.15) is 54.5 Å². The van der Waals surface area contributed by atoms with Crippen molar-refractivity contribution < 1.29 is 9.59 Å². The third-order valence-corrected chi connectivity index (χ3v) is 6.45. The van der Waals surface area contributed by atoms with Gasteiger partial charge in [0.25, 0.3) is 5.91 Å². The molecule has 1 N–H and O–H groups in total. The summed E-state index contributed by atoms with van der Waals surface area (Å²) in [5, 5.41) is 11.8. The number of hydrogen-bond acceptors (Lipinski definition) is 5. The molecule has 0 unspecified atom stereocenters. The Kier molecular flexibility index (Phi) is 6.79. The van der Waals surface area contributed by atoms with Crippen LogP contribution < -0.4 is 5.32 Å². The summed E-state index contributed by atoms with van der Waals surface area (Å²) in [6.45, 7) is 4.61. The minimum Gasteiger partial charge on any atom is -0.344 e. The molecular weight excluding hydrogens is 422 g/mol. The highest BCUT2D eigenvalue weighted by molar-refractivity contribution is 7.98. The van der Waals surface area contributed by atoms with Gasteiger partial charge in [-0.3, -0.25) is 14.0 Å². The maximum Gasteiger partial charge on any atom is 0.255 e. The van der Waals surface area contributed by atoms with E-state index in [2.05, 4.69) is 29.4 Å². The maximum absolute atomic E-state index is 13.6. The lowest BCUT2D eigenvalue weighted by Crippen LogP contribution is -2.49. The minimum absolute atomic E-state index is 0.0741. The summed E-state index contributed by atoms with van der Waals surface area (Å²) in [5.74, 6) is 1.63. The molecule has 7 nitrogen and oxygen atoms in total. The number of aromatic nitrogens is 3. The van der Waals surface area contributed by atoms with Gasteiger partial charge in [-0.25, -0.2) is 0 Å². The van der Waals surface area contributed by atoms with E-state index in [1.165, 1.54) is 0 Å². The van der Waals surface area contributed by atoms with Gasteiger partial charge in [0.05, 0.1) is 6.04 Å². The molecule has 0 bridgehead atoms. The van der Waals surface area contributed by atoms with Crippen LogP contribution in [0.4, 0.5) is 0 Å². The van der Waals surface area contributed by atoms with E-state index in [9.17, 15) is 9.59 Å². The number of carbonyl (C=O) groups excluding carboxylic acids is 2. The standard InChI is InChI=1S/C24H29N5O2S/c1-16(2)14-20(29-15-17-8-4-5-9-18(17)24(29)31)23(30)25-19(11-13-32-3)22-27-26-21-10-6-7-12-28(21)22/h4-10,12,16,19-20H,11,13-15H2,1-3H3,(H,25,30)/t19-,20-/m0/s1. The van der Waals surface area contributed by atoms with Crippen molar-refractivity contribution in [1.82, 2.24) is 24.8 Å². The Morgan fingerprint density at radius 3 is 2.69 bits per heavy atom. The molecule has 8 heteroatoms. The SMILES string of the molecule is CSCC[C@H](NC(=O)[C@H](CC(C)C)N1Cc2ccccc2C1=O)c1nnc2ccccn12. The molecule has 1 aliphatic heterocycles. The molecule has 0 saturated heterocycles. The Morgan fingerprint density at radius 2 is 1.94 bits per heavy atom. The van der Waals surface area contributed by atoms with Crippen LogP contribution >= 0.6 is 11.8 Å². The first-order valence-electron chi connectivity index (χ1n) is 11.0. The van der Waals surface area contributed by atoms with Crippen LogP contribution in [0.25, 0.3) is 5.65 Å². The lowest BCUT2D eigenvalue weighted by molar-refractivity contribution is -0.127. The number of thioether (sulfide) groups is 1. The number of fused-ring (bicyclic) bond motifs is 2. The second-order valence-electron chi connectivity index (χ2n) is 8.57. The van der Waals surface area contributed by atoms with E-state index < -0.39 is 6.04 Å². The predicted octanol–water partition coefficient (Wildman–Crippen LogP) is 3.71. The molecule has 2 atom stereocenters. The zero-order valence-electron chi connectivity index (χ0n) is 18.7. The molecule has 0 fully saturated rings. The molecule has 32 heavy (non-hydrogen) atoms. The molecule has 0 aliphatic carbocycles. The summed E-state index contributed by atoms with van der Waals surface area (Å²) < 4.78 is 1.92. The molecule has 4 rings (SSSR count). The Labute approximate surface area is 192 Å². The fraction of sp³-hybridized carbons (Fsp3) is 0.417. The summed E-state index contributed by atoms with van der Waals surface area (Å²) in [5.41, 5.74) is 2.41. The molecule has 3 aromatic rings. The lowest BCUT2D eigenvalue weighted by Gasteiger charge is -2.30. The molecule has 168 valence electrons. The first kappa shape index (κ1) is 22.3. The minimum atomic E-state index is -0.536. The zero-order valence-corrected chi connectivity index (χ0v) is 19.5. The number of nitrogens with one attached hydrogen (secondary N) is 1. The van der Waals surface area contributed by atoms with E-state index in [0.717, 1.165) is 23.4 Å². The number of benzene rings is 1. The number of carbonyl (C=O) groups is 2. The van der Waals surface area contributed by atoms with Crippen LogP contribution in [0.2, 0.25) is 0 Å². The van der Waals surface area contributed by atoms with Crippen molar-refractivity contribution in [3.05, 3.63) is 65.6 Å². The molecule has 2 aromatic heterocycles. The van der Waals surface area contributed by atoms with Gasteiger partial charge >= 0.3 is 0 Å². The summed E-state index contributed by atoms with van der Waals surface area (Å²) in [4.78, 5) is 28.4. The number of rotatable bonds is 9. The lowest BCUT2D eigenvalue weighted by atomic mass is 10.0. The predicted molar refractivity (Wildman–Crippen MR) is 126 cm³/mol. The molecule has 0 spiro atoms. The molecule has 1 aliphatic rings. The van der Waals surface area contributed by atoms with Gasteiger partial charge in [-0.05, 0) is 54.5 Å². The van der Waals surface area contributed by atoms with Crippen molar-refractivity contribution in [3.8, 4) is 0 Å². The molecule has 0 radical (unpaired) electrons. The number of hydrogen-bond donors (Lipinski definition) is 1. The van der Waals surface area contributed by atoms with Crippen molar-refractivity contribution in [3.63, 3.8) is 0 Å². The van der Waals surface area contributed by atoms with Crippen molar-refractivity contribution in [2.24, 2.45) is 5.92 Å². The van der Waals surface area contributed by atoms with Crippen LogP contribution in [0.15, 0.2) is 48.7 Å². The summed E-state index contributed by atoms with van der Waals surface area (Å²) in [7, 11) is 0. The van der Waals surface area contributed by atoms with E-state index in [0.29, 0.717) is 24.4 Å². The maximum atomic E-state index is 13.6. The second-order valence-corrected chi connectivity index (χ2v) is 9.55. The molecule has 2 amide bonds. The molecule has 1 aromatic carbocycles. The number of amides is 2. The average molecular weight is 452 g/mol. The summed E-state index contributed by atoms with van der Waals surface area (Å²) in [6.07, 6.45) is 5.28. The fourth-order valence-corrected chi connectivity index (χ4v) is 4.69. The zero-order chi connectivity index (χ0) is 22.7. The Balaban J connectivity index is 1.60. The second kappa shape index (κ2) is 9.73. The van der Waals surface area contributed by atoms with Gasteiger partial charge in [0.2, 0.25) is 5.91 Å². The highest BCUT2D eigenvalue weighted by Crippen LogP contribution is 2.28. The van der Waals surface area contributed by atoms with Crippen LogP contribution in [-0.4, -0.2) is 49.4 Å². The highest BCUT2D eigenvalue weighted by atomic mass is 32.2. The fourth-order valence-electron chi connectivity index (χ4n) is 4.22. The molecule has 0 saturated carbocycles. The van der Waals surface area contributed by atoms with Crippen LogP contribution in [0.3, 0.4) is 0 Å². The van der Waals surface area contributed by atoms with Crippen LogP contribution in [0.5, 0.6) is 0 Å². The van der Waals surface area contributed by atoms with E-state index in [1.807, 2.05) is 59.3 Å². The first-order valence-corrected chi connectivity index (χ1v) is 12.4. The van der Waals surface area contributed by atoms with Gasteiger partial charge in [0, 0.05) is 18.3 Å². The van der Waals surface area contributed by atoms with Crippen molar-refractivity contribution in [1.29, 1.82) is 0 Å². The Bertz CT molecular complexity index is 1110. The summed E-state index contributed by atoms with van der Waals surface area (Å²) in [6, 6.07) is 12.5. The van der Waals surface area contributed by atoms with Gasteiger partial charge in [0.1, 0.15) is 6.04 Å². The van der Waals surface area contributed by atoms with Gasteiger partial charge in [-0.1, -0.05) is 38.1 Å². The normalized spacial score (nSPS) is 15.2. The van der Waals surface area contributed by atoms with Crippen LogP contribution in [-0.2, 0) is 11.3 Å². The van der Waals surface area contributed by atoms with Gasteiger partial charge in [0.15, 0.2) is 11.5 Å². The van der Waals surface area contributed by atoms with E-state index in [4.69, 9.17) is 0 Å². The van der Waals surface area contributed by atoms with E-state index >= 15 is 0 Å². The van der Waals surface area contributed by atoms with Crippen molar-refractivity contribution >= 4 is 29.2 Å². The van der Waals surface area contributed by atoms with Gasteiger partial charge < -0.3 is 10.2 Å². The summed E-state index contributed by atoms with van der Waals surface area (Å²) >= 11 is 1.72. The Morgan fingerprint density at radius 1 is 1.16 bits per heavy atom. The number of nitrogens with zero attached hydrogens (tertiary/aromatic N) is 4. The first-order chi connectivity index (χ1) is 15.5. The third kappa shape index (κ3) is 4.50. The number of pyridine rings is 1. The monoisotopic (exact) mass is 451 g/mol. The third-order valence-electron chi connectivity index (χ3n) is 5.80. The van der Waals surface area contributed by atoms with E-state index in [-0.39, 0.29) is 23.8 Å². The van der Waals surface area contributed by atoms with Crippen molar-refractivity contribution in [2.75, 3.05) is 12.0 Å². The van der Waals surface area contributed by atoms with Gasteiger partial charge in [-0.15, -0.1) is 10.2 Å². The molecular formula is C24H29N5O2S. The van der Waals surface area contributed by atoms with Crippen LogP contribution in [0, 0.1) is 5.92 Å². The topological polar surface area (TPSA) is 79.6 Å². The quantitative estimate of drug-likeness (QED) is 0.537. The Hall–Kier alpha value is -2.87. The van der Waals surface area contributed by atoms with Gasteiger partial charge in [-0.2, -0.15) is 11.8 Å². The largest absolute Gasteiger partial charge is 0.344 e. The van der Waals surface area contributed by atoms with E-state index in [1.54, 1.807) is 16.7 Å². The van der Waals surface area contributed by atoms with Crippen molar-refractivity contribution in [2.45, 2.75) is 45.3 Å².